The normalized spacial score (nSPS) is 11.4. The molecule has 0 aromatic heterocycles. The van der Waals surface area contributed by atoms with E-state index in [0.29, 0.717) is 23.5 Å². The molecule has 0 aliphatic rings. The number of amides is 1. The molecule has 0 spiro atoms. The van der Waals surface area contributed by atoms with Gasteiger partial charge in [-0.1, -0.05) is 36.4 Å². The molecule has 0 saturated heterocycles. The van der Waals surface area contributed by atoms with Gasteiger partial charge in [0.2, 0.25) is 6.10 Å². The maximum atomic E-state index is 12.4. The highest BCUT2D eigenvalue weighted by Gasteiger charge is 2.26. The number of rotatable bonds is 8. The van der Waals surface area contributed by atoms with Crippen LogP contribution in [0.1, 0.15) is 23.7 Å². The highest BCUT2D eigenvalue weighted by molar-refractivity contribution is 5.84. The lowest BCUT2D eigenvalue weighted by atomic mass is 10.1. The van der Waals surface area contributed by atoms with Gasteiger partial charge in [-0.05, 0) is 24.1 Å². The summed E-state index contributed by atoms with van der Waals surface area (Å²) in [6, 6.07) is 14.5. The molecule has 0 bridgehead atoms. The molecule has 144 valence electrons. The Kier molecular flexibility index (Phi) is 7.23. The molecule has 1 atom stereocenters. The van der Waals surface area contributed by atoms with E-state index in [-0.39, 0.29) is 12.3 Å². The smallest absolute Gasteiger partial charge is 0.307 e. The van der Waals surface area contributed by atoms with Gasteiger partial charge in [-0.3, -0.25) is 9.59 Å². The minimum atomic E-state index is -0.945. The number of hydrogen-bond donors (Lipinski definition) is 0. The van der Waals surface area contributed by atoms with Gasteiger partial charge < -0.3 is 19.1 Å². The Morgan fingerprint density at radius 1 is 0.963 bits per heavy atom. The van der Waals surface area contributed by atoms with E-state index in [1.807, 2.05) is 30.3 Å². The predicted molar refractivity (Wildman–Crippen MR) is 102 cm³/mol. The lowest BCUT2D eigenvalue weighted by molar-refractivity contribution is -0.159. The molecule has 0 saturated carbocycles. The van der Waals surface area contributed by atoms with Crippen molar-refractivity contribution in [2.24, 2.45) is 0 Å². The highest BCUT2D eigenvalue weighted by atomic mass is 16.5. The van der Waals surface area contributed by atoms with E-state index in [1.165, 1.54) is 4.90 Å². The van der Waals surface area contributed by atoms with Crippen LogP contribution in [-0.2, 0) is 20.7 Å². The van der Waals surface area contributed by atoms with Crippen LogP contribution in [0.25, 0.3) is 0 Å². The molecule has 0 aliphatic carbocycles. The second-order valence-electron chi connectivity index (χ2n) is 6.20. The van der Waals surface area contributed by atoms with Crippen molar-refractivity contribution in [3.8, 4) is 11.5 Å². The Balaban J connectivity index is 2.05. The Morgan fingerprint density at radius 2 is 1.63 bits per heavy atom. The molecule has 1 amide bonds. The monoisotopic (exact) mass is 371 g/mol. The number of hydrogen-bond acceptors (Lipinski definition) is 5. The van der Waals surface area contributed by atoms with Crippen LogP contribution in [0.5, 0.6) is 11.5 Å². The Hall–Kier alpha value is -3.02. The lowest BCUT2D eigenvalue weighted by Crippen LogP contribution is -2.31. The zero-order valence-electron chi connectivity index (χ0n) is 16.1. The Morgan fingerprint density at radius 3 is 2.22 bits per heavy atom. The molecular formula is C21H25NO5. The lowest BCUT2D eigenvalue weighted by Gasteiger charge is -2.21. The fourth-order valence-corrected chi connectivity index (χ4v) is 2.60. The first-order chi connectivity index (χ1) is 13.0. The van der Waals surface area contributed by atoms with Crippen molar-refractivity contribution in [1.29, 1.82) is 0 Å². The first-order valence-corrected chi connectivity index (χ1v) is 8.62. The molecule has 0 unspecified atom stereocenters. The van der Waals surface area contributed by atoms with E-state index in [4.69, 9.17) is 14.2 Å². The van der Waals surface area contributed by atoms with Gasteiger partial charge in [0, 0.05) is 26.1 Å². The van der Waals surface area contributed by atoms with Crippen LogP contribution in [0.4, 0.5) is 0 Å². The Labute approximate surface area is 159 Å². The first-order valence-electron chi connectivity index (χ1n) is 8.62. The van der Waals surface area contributed by atoms with Crippen molar-refractivity contribution in [3.63, 3.8) is 0 Å². The van der Waals surface area contributed by atoms with Crippen molar-refractivity contribution >= 4 is 11.9 Å². The maximum Gasteiger partial charge on any atom is 0.307 e. The molecule has 2 rings (SSSR count). The molecule has 0 heterocycles. The molecule has 6 nitrogen and oxygen atoms in total. The molecular weight excluding hydrogens is 346 g/mol. The van der Waals surface area contributed by atoms with E-state index < -0.39 is 12.1 Å². The fourth-order valence-electron chi connectivity index (χ4n) is 2.60. The standard InChI is InChI=1S/C21H25NO5/c1-22(2)21(24)20(16-8-6-5-7-9-16)27-19(23)13-11-15-10-12-17(25-3)18(14-15)26-4/h5-10,12,14,20H,11,13H2,1-4H3/t20-/m0/s1. The van der Waals surface area contributed by atoms with Crippen LogP contribution in [0, 0.1) is 0 Å². The number of ether oxygens (including phenoxy) is 3. The number of aryl methyl sites for hydroxylation is 1. The third-order valence-corrected chi connectivity index (χ3v) is 4.08. The number of likely N-dealkylation sites (N-methyl/N-ethyl adjacent to an activating group) is 1. The summed E-state index contributed by atoms with van der Waals surface area (Å²) in [5, 5.41) is 0. The summed E-state index contributed by atoms with van der Waals surface area (Å²) in [6.45, 7) is 0. The molecule has 0 radical (unpaired) electrons. The second kappa shape index (κ2) is 9.62. The van der Waals surface area contributed by atoms with Crippen LogP contribution >= 0.6 is 0 Å². The van der Waals surface area contributed by atoms with Gasteiger partial charge in [0.1, 0.15) is 0 Å². The minimum absolute atomic E-state index is 0.152. The molecule has 0 aliphatic heterocycles. The Bertz CT molecular complexity index is 773. The number of methoxy groups -OCH3 is 2. The second-order valence-corrected chi connectivity index (χ2v) is 6.20. The first kappa shape index (κ1) is 20.3. The molecule has 2 aromatic carbocycles. The van der Waals surface area contributed by atoms with Gasteiger partial charge in [0.15, 0.2) is 11.5 Å². The highest BCUT2D eigenvalue weighted by Crippen LogP contribution is 2.28. The number of benzene rings is 2. The zero-order chi connectivity index (χ0) is 19.8. The SMILES string of the molecule is COc1ccc(CCC(=O)O[C@H](C(=O)N(C)C)c2ccccc2)cc1OC. The van der Waals surface area contributed by atoms with Gasteiger partial charge in [-0.15, -0.1) is 0 Å². The fraction of sp³-hybridized carbons (Fsp3) is 0.333. The maximum absolute atomic E-state index is 12.4. The van der Waals surface area contributed by atoms with Crippen molar-refractivity contribution < 1.29 is 23.8 Å². The van der Waals surface area contributed by atoms with Gasteiger partial charge in [-0.25, -0.2) is 0 Å². The van der Waals surface area contributed by atoms with Crippen molar-refractivity contribution in [3.05, 3.63) is 59.7 Å². The quantitative estimate of drug-likeness (QED) is 0.668. The van der Waals surface area contributed by atoms with E-state index in [2.05, 4.69) is 0 Å². The van der Waals surface area contributed by atoms with Crippen LogP contribution in [-0.4, -0.2) is 45.1 Å². The minimum Gasteiger partial charge on any atom is -0.493 e. The molecule has 0 fully saturated rings. The van der Waals surface area contributed by atoms with E-state index in [1.54, 1.807) is 46.5 Å². The molecule has 0 N–H and O–H groups in total. The van der Waals surface area contributed by atoms with Crippen molar-refractivity contribution in [1.82, 2.24) is 4.90 Å². The summed E-state index contributed by atoms with van der Waals surface area (Å²) in [5.74, 6) is 0.521. The third-order valence-electron chi connectivity index (χ3n) is 4.08. The number of nitrogens with zero attached hydrogens (tertiary/aromatic N) is 1. The van der Waals surface area contributed by atoms with Crippen LogP contribution < -0.4 is 9.47 Å². The van der Waals surface area contributed by atoms with Gasteiger partial charge in [-0.2, -0.15) is 0 Å². The summed E-state index contributed by atoms with van der Waals surface area (Å²) >= 11 is 0. The van der Waals surface area contributed by atoms with Crippen molar-refractivity contribution in [2.75, 3.05) is 28.3 Å². The summed E-state index contributed by atoms with van der Waals surface area (Å²) in [6.07, 6.45) is -0.324. The summed E-state index contributed by atoms with van der Waals surface area (Å²) in [4.78, 5) is 26.2. The van der Waals surface area contributed by atoms with E-state index in [0.717, 1.165) is 5.56 Å². The van der Waals surface area contributed by atoms with Crippen LogP contribution in [0.15, 0.2) is 48.5 Å². The summed E-state index contributed by atoms with van der Waals surface area (Å²) < 4.78 is 16.0. The number of carbonyl (C=O) groups is 2. The third kappa shape index (κ3) is 5.48. The molecule has 6 heteroatoms. The number of esters is 1. The van der Waals surface area contributed by atoms with Gasteiger partial charge in [0.05, 0.1) is 14.2 Å². The summed E-state index contributed by atoms with van der Waals surface area (Å²) in [7, 11) is 6.40. The van der Waals surface area contributed by atoms with Gasteiger partial charge >= 0.3 is 5.97 Å². The van der Waals surface area contributed by atoms with E-state index in [9.17, 15) is 9.59 Å². The van der Waals surface area contributed by atoms with Crippen molar-refractivity contribution in [2.45, 2.75) is 18.9 Å². The van der Waals surface area contributed by atoms with Gasteiger partial charge in [0.25, 0.3) is 5.91 Å². The average molecular weight is 371 g/mol. The largest absolute Gasteiger partial charge is 0.493 e. The topological polar surface area (TPSA) is 65.1 Å². The molecule has 2 aromatic rings. The average Bonchev–Trinajstić information content (AvgIpc) is 2.70. The zero-order valence-corrected chi connectivity index (χ0v) is 16.1. The summed E-state index contributed by atoms with van der Waals surface area (Å²) in [5.41, 5.74) is 1.57. The predicted octanol–water partition coefficient (Wildman–Crippen LogP) is 3.01. The number of carbonyl (C=O) groups excluding carboxylic acids is 2. The van der Waals surface area contributed by atoms with E-state index >= 15 is 0 Å². The van der Waals surface area contributed by atoms with Crippen LogP contribution in [0.3, 0.4) is 0 Å². The van der Waals surface area contributed by atoms with Crippen LogP contribution in [0.2, 0.25) is 0 Å². The molecule has 27 heavy (non-hydrogen) atoms.